The van der Waals surface area contributed by atoms with Crippen molar-refractivity contribution in [2.24, 2.45) is 0 Å². The molecule has 0 aliphatic carbocycles. The molecule has 1 N–H and O–H groups in total. The number of aromatic nitrogens is 1. The number of thiazole rings is 1. The van der Waals surface area contributed by atoms with Crippen molar-refractivity contribution in [3.63, 3.8) is 0 Å². The molecule has 168 valence electrons. The maximum atomic E-state index is 13.2. The first kappa shape index (κ1) is 22.7. The molecule has 1 aliphatic heterocycles. The average Bonchev–Trinajstić information content (AvgIpc) is 3.31. The van der Waals surface area contributed by atoms with Crippen LogP contribution in [-0.4, -0.2) is 34.4 Å². The van der Waals surface area contributed by atoms with Gasteiger partial charge in [-0.3, -0.25) is 14.5 Å². The SMILES string of the molecule is CCOC(=O)c1sc(N2C(=O)C(=O)/C(=C(/O)c3ccccc3)[C@@H]2c2cccc(Cl)c2)nc1C. The van der Waals surface area contributed by atoms with Crippen LogP contribution in [-0.2, 0) is 14.3 Å². The molecule has 1 aliphatic rings. The summed E-state index contributed by atoms with van der Waals surface area (Å²) in [7, 11) is 0. The molecule has 2 aromatic carbocycles. The number of rotatable bonds is 5. The van der Waals surface area contributed by atoms with Crippen LogP contribution in [0.5, 0.6) is 0 Å². The van der Waals surface area contributed by atoms with Crippen molar-refractivity contribution in [2.75, 3.05) is 11.5 Å². The number of aryl methyl sites for hydroxylation is 1. The minimum Gasteiger partial charge on any atom is -0.507 e. The Bertz CT molecular complexity index is 1290. The van der Waals surface area contributed by atoms with Gasteiger partial charge in [0.15, 0.2) is 5.13 Å². The third kappa shape index (κ3) is 4.15. The van der Waals surface area contributed by atoms with E-state index in [0.29, 0.717) is 21.8 Å². The van der Waals surface area contributed by atoms with Crippen LogP contribution in [0.4, 0.5) is 5.13 Å². The first-order valence-corrected chi connectivity index (χ1v) is 11.3. The van der Waals surface area contributed by atoms with Crippen LogP contribution in [0.2, 0.25) is 5.02 Å². The van der Waals surface area contributed by atoms with Crippen molar-refractivity contribution < 1.29 is 24.2 Å². The van der Waals surface area contributed by atoms with Gasteiger partial charge in [-0.15, -0.1) is 0 Å². The molecule has 0 bridgehead atoms. The lowest BCUT2D eigenvalue weighted by Gasteiger charge is -2.23. The molecular weight excluding hydrogens is 464 g/mol. The number of carbonyl (C=O) groups is 3. The summed E-state index contributed by atoms with van der Waals surface area (Å²) < 4.78 is 5.07. The number of benzene rings is 2. The van der Waals surface area contributed by atoms with E-state index in [1.165, 1.54) is 4.90 Å². The summed E-state index contributed by atoms with van der Waals surface area (Å²) in [6.45, 7) is 3.51. The van der Waals surface area contributed by atoms with Crippen molar-refractivity contribution in [1.29, 1.82) is 0 Å². The van der Waals surface area contributed by atoms with E-state index in [9.17, 15) is 19.5 Å². The molecule has 0 radical (unpaired) electrons. The monoisotopic (exact) mass is 482 g/mol. The number of aliphatic hydroxyl groups is 1. The third-order valence-electron chi connectivity index (χ3n) is 5.11. The maximum Gasteiger partial charge on any atom is 0.350 e. The number of esters is 1. The Morgan fingerprint density at radius 2 is 1.91 bits per heavy atom. The fourth-order valence-electron chi connectivity index (χ4n) is 3.64. The maximum absolute atomic E-state index is 13.2. The van der Waals surface area contributed by atoms with Crippen LogP contribution in [0.25, 0.3) is 5.76 Å². The van der Waals surface area contributed by atoms with E-state index in [1.807, 2.05) is 0 Å². The number of ketones is 1. The fourth-order valence-corrected chi connectivity index (χ4v) is 4.83. The van der Waals surface area contributed by atoms with Gasteiger partial charge in [-0.1, -0.05) is 65.4 Å². The number of carbonyl (C=O) groups excluding carboxylic acids is 3. The highest BCUT2D eigenvalue weighted by Gasteiger charge is 2.48. The zero-order valence-corrected chi connectivity index (χ0v) is 19.3. The van der Waals surface area contributed by atoms with Gasteiger partial charge in [-0.2, -0.15) is 0 Å². The van der Waals surface area contributed by atoms with Crippen molar-refractivity contribution in [1.82, 2.24) is 4.98 Å². The van der Waals surface area contributed by atoms with Gasteiger partial charge in [0.05, 0.1) is 23.9 Å². The van der Waals surface area contributed by atoms with E-state index in [4.69, 9.17) is 16.3 Å². The molecule has 0 saturated carbocycles. The molecule has 0 unspecified atom stereocenters. The highest BCUT2D eigenvalue weighted by atomic mass is 35.5. The van der Waals surface area contributed by atoms with Crippen molar-refractivity contribution in [3.8, 4) is 0 Å². The predicted molar refractivity (Wildman–Crippen MR) is 125 cm³/mol. The van der Waals surface area contributed by atoms with Gasteiger partial charge in [-0.05, 0) is 31.5 Å². The second-order valence-electron chi connectivity index (χ2n) is 7.22. The normalized spacial score (nSPS) is 17.4. The van der Waals surface area contributed by atoms with Gasteiger partial charge >= 0.3 is 11.9 Å². The first-order valence-electron chi connectivity index (χ1n) is 10.1. The van der Waals surface area contributed by atoms with Crippen LogP contribution in [0.15, 0.2) is 60.2 Å². The van der Waals surface area contributed by atoms with Gasteiger partial charge in [-0.25, -0.2) is 9.78 Å². The predicted octanol–water partition coefficient (Wildman–Crippen LogP) is 4.91. The lowest BCUT2D eigenvalue weighted by atomic mass is 9.95. The Morgan fingerprint density at radius 3 is 2.58 bits per heavy atom. The smallest absolute Gasteiger partial charge is 0.350 e. The summed E-state index contributed by atoms with van der Waals surface area (Å²) in [5, 5.41) is 11.6. The minimum absolute atomic E-state index is 0.0843. The molecule has 9 heteroatoms. The number of nitrogens with zero attached hydrogens (tertiary/aromatic N) is 2. The van der Waals surface area contributed by atoms with E-state index >= 15 is 0 Å². The molecule has 7 nitrogen and oxygen atoms in total. The molecule has 1 saturated heterocycles. The Labute approximate surface area is 198 Å². The number of Topliss-reactive ketones (excluding diaryl/α,β-unsaturated/α-hetero) is 1. The summed E-state index contributed by atoms with van der Waals surface area (Å²) in [5.74, 6) is -2.58. The summed E-state index contributed by atoms with van der Waals surface area (Å²) >= 11 is 7.15. The molecule has 3 aromatic rings. The molecule has 1 aromatic heterocycles. The topological polar surface area (TPSA) is 96.8 Å². The third-order valence-corrected chi connectivity index (χ3v) is 6.48. The quantitative estimate of drug-likeness (QED) is 0.240. The van der Waals surface area contributed by atoms with Gasteiger partial charge in [0.25, 0.3) is 5.78 Å². The van der Waals surface area contributed by atoms with Crippen LogP contribution in [0, 0.1) is 6.92 Å². The standard InChI is InChI=1S/C24H19ClN2O5S/c1-3-32-23(31)21-13(2)26-24(33-21)27-18(15-10-7-11-16(25)12-15)17(20(29)22(27)30)19(28)14-8-5-4-6-9-14/h4-12,18,28H,3H2,1-2H3/b19-17+/t18-/m0/s1. The van der Waals surface area contributed by atoms with Crippen LogP contribution >= 0.6 is 22.9 Å². The van der Waals surface area contributed by atoms with Gasteiger partial charge in [0.1, 0.15) is 10.6 Å². The number of amides is 1. The number of hydrogen-bond acceptors (Lipinski definition) is 7. The van der Waals surface area contributed by atoms with Crippen LogP contribution in [0.1, 0.15) is 39.5 Å². The Hall–Kier alpha value is -3.49. The Morgan fingerprint density at radius 1 is 1.18 bits per heavy atom. The summed E-state index contributed by atoms with van der Waals surface area (Å²) in [5.41, 5.74) is 1.21. The highest BCUT2D eigenvalue weighted by molar-refractivity contribution is 7.17. The molecule has 2 heterocycles. The van der Waals surface area contributed by atoms with Gasteiger partial charge in [0.2, 0.25) is 0 Å². The van der Waals surface area contributed by atoms with Crippen molar-refractivity contribution in [2.45, 2.75) is 19.9 Å². The Balaban J connectivity index is 1.92. The van der Waals surface area contributed by atoms with Gasteiger partial charge < -0.3 is 9.84 Å². The highest BCUT2D eigenvalue weighted by Crippen LogP contribution is 2.44. The largest absolute Gasteiger partial charge is 0.507 e. The summed E-state index contributed by atoms with van der Waals surface area (Å²) in [6.07, 6.45) is 0. The zero-order chi connectivity index (χ0) is 23.7. The second-order valence-corrected chi connectivity index (χ2v) is 8.64. The number of aliphatic hydroxyl groups excluding tert-OH is 1. The molecule has 0 spiro atoms. The lowest BCUT2D eigenvalue weighted by molar-refractivity contribution is -0.132. The van der Waals surface area contributed by atoms with Crippen LogP contribution < -0.4 is 4.90 Å². The van der Waals surface area contributed by atoms with E-state index < -0.39 is 23.7 Å². The van der Waals surface area contributed by atoms with E-state index in [2.05, 4.69) is 4.98 Å². The van der Waals surface area contributed by atoms with E-state index in [-0.39, 0.29) is 27.9 Å². The van der Waals surface area contributed by atoms with Crippen molar-refractivity contribution in [3.05, 3.63) is 86.9 Å². The second kappa shape index (κ2) is 9.17. The average molecular weight is 483 g/mol. The fraction of sp³-hybridized carbons (Fsp3) is 0.167. The molecule has 4 rings (SSSR count). The van der Waals surface area contributed by atoms with Gasteiger partial charge in [0, 0.05) is 10.6 Å². The molecule has 1 amide bonds. The zero-order valence-electron chi connectivity index (χ0n) is 17.7. The summed E-state index contributed by atoms with van der Waals surface area (Å²) in [6, 6.07) is 14.2. The number of halogens is 1. The Kier molecular flexibility index (Phi) is 6.31. The van der Waals surface area contributed by atoms with Crippen molar-refractivity contribution >= 4 is 51.5 Å². The lowest BCUT2D eigenvalue weighted by Crippen LogP contribution is -2.29. The number of ether oxygens (including phenoxy) is 1. The van der Waals surface area contributed by atoms with Crippen LogP contribution in [0.3, 0.4) is 0 Å². The van der Waals surface area contributed by atoms with E-state index in [1.54, 1.807) is 68.4 Å². The minimum atomic E-state index is -0.982. The molecule has 33 heavy (non-hydrogen) atoms. The first-order chi connectivity index (χ1) is 15.8. The molecule has 1 atom stereocenters. The number of anilines is 1. The number of hydrogen-bond donors (Lipinski definition) is 1. The molecule has 1 fully saturated rings. The molecular formula is C24H19ClN2O5S. The van der Waals surface area contributed by atoms with E-state index in [0.717, 1.165) is 11.3 Å². The summed E-state index contributed by atoms with van der Waals surface area (Å²) in [4.78, 5) is 44.4.